The number of fused-ring (bicyclic) bond motifs is 4. The van der Waals surface area contributed by atoms with Crippen molar-refractivity contribution in [1.29, 1.82) is 0 Å². The van der Waals surface area contributed by atoms with E-state index in [4.69, 9.17) is 0 Å². The van der Waals surface area contributed by atoms with Gasteiger partial charge in [-0.2, -0.15) is 0 Å². The maximum Gasteiger partial charge on any atom is 0.305 e. The number of carbonyl (C=O) groups excluding carboxylic acids is 1. The number of pyridine rings is 1. The zero-order chi connectivity index (χ0) is 33.9. The lowest BCUT2D eigenvalue weighted by molar-refractivity contribution is -0.138. The number of hydrogen-bond acceptors (Lipinski definition) is 4. The molecule has 3 aliphatic rings. The number of aliphatic carboxylic acids is 1. The van der Waals surface area contributed by atoms with Crippen molar-refractivity contribution in [3.63, 3.8) is 0 Å². The van der Waals surface area contributed by atoms with Gasteiger partial charge in [0.15, 0.2) is 5.82 Å². The first-order valence-electron chi connectivity index (χ1n) is 17.4. The van der Waals surface area contributed by atoms with Gasteiger partial charge in [-0.1, -0.05) is 25.7 Å². The molecule has 3 heterocycles. The van der Waals surface area contributed by atoms with Crippen LogP contribution in [0.4, 0.5) is 13.2 Å². The van der Waals surface area contributed by atoms with Crippen molar-refractivity contribution in [3.05, 3.63) is 92.2 Å². The van der Waals surface area contributed by atoms with Gasteiger partial charge in [-0.15, -0.1) is 0 Å². The molecule has 2 fully saturated rings. The second-order valence-corrected chi connectivity index (χ2v) is 13.8. The van der Waals surface area contributed by atoms with E-state index in [1.165, 1.54) is 18.2 Å². The van der Waals surface area contributed by atoms with Crippen LogP contribution in [-0.2, 0) is 22.4 Å². The molecule has 1 aromatic heterocycles. The van der Waals surface area contributed by atoms with E-state index in [0.717, 1.165) is 73.7 Å². The zero-order valence-corrected chi connectivity index (χ0v) is 27.5. The molecule has 1 aliphatic carbocycles. The van der Waals surface area contributed by atoms with Gasteiger partial charge in [0.05, 0.1) is 12.5 Å². The van der Waals surface area contributed by atoms with E-state index < -0.39 is 47.6 Å². The fraction of sp³-hybridized carbons (Fsp3) is 0.500. The highest BCUT2D eigenvalue weighted by atomic mass is 19.1. The summed E-state index contributed by atoms with van der Waals surface area (Å²) in [5.74, 6) is -3.79. The Labute approximate surface area is 279 Å². The molecule has 2 atom stereocenters. The number of amides is 1. The summed E-state index contributed by atoms with van der Waals surface area (Å²) in [6, 6.07) is 5.21. The Morgan fingerprint density at radius 3 is 2.35 bits per heavy atom. The Hall–Kier alpha value is -3.92. The molecule has 3 aromatic rings. The summed E-state index contributed by atoms with van der Waals surface area (Å²) in [6.07, 6.45) is 8.84. The van der Waals surface area contributed by atoms with Crippen LogP contribution < -0.4 is 10.9 Å². The van der Waals surface area contributed by atoms with Gasteiger partial charge in [-0.05, 0) is 135 Å². The molecule has 48 heavy (non-hydrogen) atoms. The van der Waals surface area contributed by atoms with Crippen molar-refractivity contribution < 1.29 is 27.9 Å². The monoisotopic (exact) mass is 663 g/mol. The van der Waals surface area contributed by atoms with Crippen LogP contribution >= 0.6 is 0 Å². The number of carboxylic acids is 1. The van der Waals surface area contributed by atoms with Crippen molar-refractivity contribution in [2.45, 2.75) is 102 Å². The van der Waals surface area contributed by atoms with Gasteiger partial charge in [-0.25, -0.2) is 13.2 Å². The third kappa shape index (κ3) is 7.69. The van der Waals surface area contributed by atoms with Crippen LogP contribution in [0.1, 0.15) is 110 Å². The largest absolute Gasteiger partial charge is 0.481 e. The number of carboxylic acid groups (broad SMARTS) is 1. The topological polar surface area (TPSA) is 91.6 Å². The van der Waals surface area contributed by atoms with Crippen LogP contribution in [0.5, 0.6) is 0 Å². The van der Waals surface area contributed by atoms with Crippen LogP contribution in [0.15, 0.2) is 41.3 Å². The molecule has 0 unspecified atom stereocenters. The van der Waals surface area contributed by atoms with Gasteiger partial charge in [0.2, 0.25) is 5.91 Å². The third-order valence-corrected chi connectivity index (χ3v) is 10.2. The number of aryl methyl sites for hydroxylation is 2. The van der Waals surface area contributed by atoms with E-state index in [1.54, 1.807) is 18.3 Å². The summed E-state index contributed by atoms with van der Waals surface area (Å²) < 4.78 is 47.3. The summed E-state index contributed by atoms with van der Waals surface area (Å²) in [4.78, 5) is 41.8. The van der Waals surface area contributed by atoms with Gasteiger partial charge in [-0.3, -0.25) is 14.4 Å². The number of likely N-dealkylation sites (tertiary alicyclic amines) is 1. The first-order chi connectivity index (χ1) is 23.1. The van der Waals surface area contributed by atoms with E-state index in [2.05, 4.69) is 10.2 Å². The molecule has 256 valence electrons. The molecule has 2 aromatic carbocycles. The van der Waals surface area contributed by atoms with Crippen LogP contribution in [0.2, 0.25) is 0 Å². The Bertz CT molecular complexity index is 1750. The molecule has 1 saturated carbocycles. The van der Waals surface area contributed by atoms with Crippen molar-refractivity contribution in [3.8, 4) is 11.1 Å². The minimum atomic E-state index is -1.26. The molecule has 0 radical (unpaired) electrons. The standard InChI is InChI=1S/C38H44F3N3O4/c1-23-16-28(39)18-26-8-5-3-2-4-6-9-33(44-22-24(17-31(40)38(44)48)12-15-43-13-7-14-43)37(47)42-32(21-34(45)46)30-20-27(35(23)26)19-29(36(30)41)25-10-11-25/h16-20,22,25,32-33H,2-15,21H2,1H3,(H,42,47)(H,45,46)/t32-,33-/m0/s1. The number of hydrogen-bond donors (Lipinski definition) is 2. The van der Waals surface area contributed by atoms with Gasteiger partial charge in [0.25, 0.3) is 5.56 Å². The molecule has 2 bridgehead atoms. The maximum absolute atomic E-state index is 16.4. The highest BCUT2D eigenvalue weighted by Crippen LogP contribution is 2.45. The number of nitrogens with one attached hydrogen (secondary N) is 1. The van der Waals surface area contributed by atoms with Crippen LogP contribution in [0, 0.1) is 24.4 Å². The summed E-state index contributed by atoms with van der Waals surface area (Å²) in [7, 11) is 0. The first kappa shape index (κ1) is 34.0. The molecular weight excluding hydrogens is 619 g/mol. The second-order valence-electron chi connectivity index (χ2n) is 13.8. The summed E-state index contributed by atoms with van der Waals surface area (Å²) in [6.45, 7) is 4.47. The lowest BCUT2D eigenvalue weighted by Crippen LogP contribution is -2.41. The number of rotatable bonds is 7. The average Bonchev–Trinajstić information content (AvgIpc) is 3.84. The Morgan fingerprint density at radius 1 is 0.917 bits per heavy atom. The fourth-order valence-corrected chi connectivity index (χ4v) is 7.33. The normalized spacial score (nSPS) is 20.9. The molecule has 1 amide bonds. The number of halogens is 3. The van der Waals surface area contributed by atoms with Crippen LogP contribution in [0.25, 0.3) is 11.1 Å². The smallest absolute Gasteiger partial charge is 0.305 e. The molecule has 10 heteroatoms. The van der Waals surface area contributed by atoms with E-state index in [9.17, 15) is 23.9 Å². The highest BCUT2D eigenvalue weighted by Gasteiger charge is 2.33. The quantitative estimate of drug-likeness (QED) is 0.281. The number of benzene rings is 2. The minimum absolute atomic E-state index is 0.0343. The third-order valence-electron chi connectivity index (χ3n) is 10.2. The Kier molecular flexibility index (Phi) is 10.4. The van der Waals surface area contributed by atoms with E-state index in [0.29, 0.717) is 48.1 Å². The van der Waals surface area contributed by atoms with Crippen LogP contribution in [-0.4, -0.2) is 46.1 Å². The van der Waals surface area contributed by atoms with E-state index in [-0.39, 0.29) is 23.7 Å². The SMILES string of the molecule is Cc1cc(F)cc2c1-c1cc(C3CC3)c(F)c(c1)[C@H](CC(=O)O)NC(=O)[C@@H](n1cc(CCN3CCC3)cc(F)c1=O)CCCCCCC2. The van der Waals surface area contributed by atoms with Gasteiger partial charge in [0.1, 0.15) is 17.7 Å². The fourth-order valence-electron chi connectivity index (χ4n) is 7.33. The van der Waals surface area contributed by atoms with Crippen molar-refractivity contribution in [2.24, 2.45) is 0 Å². The highest BCUT2D eigenvalue weighted by molar-refractivity contribution is 5.82. The predicted molar refractivity (Wildman–Crippen MR) is 178 cm³/mol. The molecule has 6 rings (SSSR count). The number of nitrogens with zero attached hydrogens (tertiary/aromatic N) is 2. The second kappa shape index (κ2) is 14.7. The first-order valence-corrected chi connectivity index (χ1v) is 17.4. The summed E-state index contributed by atoms with van der Waals surface area (Å²) >= 11 is 0. The van der Waals surface area contributed by atoms with Crippen LogP contribution in [0.3, 0.4) is 0 Å². The Balaban J connectivity index is 1.43. The molecule has 2 aliphatic heterocycles. The molecule has 1 saturated heterocycles. The number of carbonyl (C=O) groups is 2. The molecule has 0 spiro atoms. The summed E-state index contributed by atoms with van der Waals surface area (Å²) in [5, 5.41) is 12.7. The lowest BCUT2D eigenvalue weighted by atomic mass is 9.87. The molecular formula is C38H44F3N3O4. The average molecular weight is 664 g/mol. The maximum atomic E-state index is 16.4. The molecule has 7 nitrogen and oxygen atoms in total. The predicted octanol–water partition coefficient (Wildman–Crippen LogP) is 7.14. The summed E-state index contributed by atoms with van der Waals surface area (Å²) in [5.41, 5.74) is 3.12. The zero-order valence-electron chi connectivity index (χ0n) is 27.5. The number of aromatic nitrogens is 1. The van der Waals surface area contributed by atoms with Gasteiger partial charge >= 0.3 is 5.97 Å². The van der Waals surface area contributed by atoms with Crippen molar-refractivity contribution in [2.75, 3.05) is 19.6 Å². The van der Waals surface area contributed by atoms with Crippen molar-refractivity contribution >= 4 is 11.9 Å². The Morgan fingerprint density at radius 2 is 1.65 bits per heavy atom. The molecule has 2 N–H and O–H groups in total. The van der Waals surface area contributed by atoms with Gasteiger partial charge < -0.3 is 19.9 Å². The van der Waals surface area contributed by atoms with Crippen molar-refractivity contribution in [1.82, 2.24) is 14.8 Å². The van der Waals surface area contributed by atoms with Gasteiger partial charge in [0, 0.05) is 18.3 Å². The minimum Gasteiger partial charge on any atom is -0.481 e. The van der Waals surface area contributed by atoms with E-state index in [1.807, 2.05) is 6.92 Å². The lowest BCUT2D eigenvalue weighted by Gasteiger charge is -2.30. The van der Waals surface area contributed by atoms with E-state index >= 15 is 8.78 Å².